The van der Waals surface area contributed by atoms with E-state index in [0.717, 1.165) is 0 Å². The van der Waals surface area contributed by atoms with Crippen molar-refractivity contribution >= 4 is 5.91 Å². The smallest absolute Gasteiger partial charge is 0.250 e. The third kappa shape index (κ3) is 5.06. The summed E-state index contributed by atoms with van der Waals surface area (Å²) in [5.74, 6) is -0.611. The highest BCUT2D eigenvalue weighted by Gasteiger charge is 2.12. The Morgan fingerprint density at radius 2 is 2.08 bits per heavy atom. The lowest BCUT2D eigenvalue weighted by Gasteiger charge is -2.12. The van der Waals surface area contributed by atoms with Gasteiger partial charge in [-0.3, -0.25) is 4.79 Å². The highest BCUT2D eigenvalue weighted by atomic mass is 16.3. The van der Waals surface area contributed by atoms with E-state index < -0.39 is 18.2 Å². The van der Waals surface area contributed by atoms with Crippen LogP contribution in [0.15, 0.2) is 0 Å². The number of amides is 1. The van der Waals surface area contributed by atoms with Gasteiger partial charge in [0.1, 0.15) is 12.3 Å². The molecule has 0 rings (SSSR count). The zero-order chi connectivity index (χ0) is 9.56. The maximum absolute atomic E-state index is 10.7. The van der Waals surface area contributed by atoms with Crippen LogP contribution < -0.4 is 5.32 Å². The molecular weight excluding hydrogens is 162 g/mol. The zero-order valence-corrected chi connectivity index (χ0v) is 7.03. The molecule has 0 saturated heterocycles. The Morgan fingerprint density at radius 3 is 2.50 bits per heavy atom. The summed E-state index contributed by atoms with van der Waals surface area (Å²) in [5, 5.41) is 28.3. The fraction of sp³-hybridized carbons (Fsp3) is 0.857. The molecule has 0 fully saturated rings. The fourth-order valence-corrected chi connectivity index (χ4v) is 0.642. The van der Waals surface area contributed by atoms with Crippen molar-refractivity contribution in [2.75, 3.05) is 6.61 Å². The minimum atomic E-state index is -1.12. The van der Waals surface area contributed by atoms with Crippen LogP contribution in [0.1, 0.15) is 19.8 Å². The summed E-state index contributed by atoms with van der Waals surface area (Å²) >= 11 is 0. The topological polar surface area (TPSA) is 89.8 Å². The van der Waals surface area contributed by atoms with Crippen molar-refractivity contribution in [3.05, 3.63) is 0 Å². The van der Waals surface area contributed by atoms with Gasteiger partial charge in [0.15, 0.2) is 0 Å². The van der Waals surface area contributed by atoms with Gasteiger partial charge in [0.25, 0.3) is 5.91 Å². The second-order valence-electron chi connectivity index (χ2n) is 2.57. The van der Waals surface area contributed by atoms with E-state index >= 15 is 0 Å². The Kier molecular flexibility index (Phi) is 5.61. The first-order valence-corrected chi connectivity index (χ1v) is 3.85. The normalized spacial score (nSPS) is 15.3. The fourth-order valence-electron chi connectivity index (χ4n) is 0.642. The van der Waals surface area contributed by atoms with Gasteiger partial charge >= 0.3 is 0 Å². The SMILES string of the molecule is CC(O)C(=O)NC(O)CCCO. The molecule has 4 N–H and O–H groups in total. The summed E-state index contributed by atoms with van der Waals surface area (Å²) in [6.07, 6.45) is -1.40. The average Bonchev–Trinajstić information content (AvgIpc) is 2.00. The molecule has 0 saturated carbocycles. The Balaban J connectivity index is 3.54. The molecule has 2 unspecified atom stereocenters. The number of nitrogens with one attached hydrogen (secondary N) is 1. The minimum absolute atomic E-state index is 0.0262. The van der Waals surface area contributed by atoms with Crippen LogP contribution >= 0.6 is 0 Å². The summed E-state index contributed by atoms with van der Waals surface area (Å²) in [7, 11) is 0. The van der Waals surface area contributed by atoms with Crippen molar-refractivity contribution in [2.45, 2.75) is 32.1 Å². The molecule has 0 heterocycles. The molecular formula is C7H15NO4. The lowest BCUT2D eigenvalue weighted by atomic mass is 10.3. The van der Waals surface area contributed by atoms with Gasteiger partial charge in [0.05, 0.1) is 0 Å². The van der Waals surface area contributed by atoms with Crippen LogP contribution in [-0.4, -0.2) is 40.2 Å². The molecule has 0 radical (unpaired) electrons. The highest BCUT2D eigenvalue weighted by Crippen LogP contribution is 1.93. The van der Waals surface area contributed by atoms with Crippen molar-refractivity contribution in [1.82, 2.24) is 5.32 Å². The maximum atomic E-state index is 10.7. The van der Waals surface area contributed by atoms with Crippen molar-refractivity contribution in [1.29, 1.82) is 0 Å². The van der Waals surface area contributed by atoms with Crippen LogP contribution in [0.3, 0.4) is 0 Å². The van der Waals surface area contributed by atoms with Gasteiger partial charge in [-0.2, -0.15) is 0 Å². The lowest BCUT2D eigenvalue weighted by molar-refractivity contribution is -0.131. The molecule has 0 aliphatic rings. The third-order valence-corrected chi connectivity index (χ3v) is 1.32. The predicted octanol–water partition coefficient (Wildman–Crippen LogP) is -1.43. The van der Waals surface area contributed by atoms with Gasteiger partial charge in [-0.25, -0.2) is 0 Å². The molecule has 0 aromatic heterocycles. The van der Waals surface area contributed by atoms with Gasteiger partial charge in [-0.1, -0.05) is 0 Å². The Hall–Kier alpha value is -0.650. The first-order chi connectivity index (χ1) is 5.57. The number of aliphatic hydroxyl groups excluding tert-OH is 3. The molecule has 72 valence electrons. The van der Waals surface area contributed by atoms with Gasteiger partial charge < -0.3 is 20.6 Å². The number of aliphatic hydroxyl groups is 3. The van der Waals surface area contributed by atoms with Crippen LogP contribution in [0.25, 0.3) is 0 Å². The third-order valence-electron chi connectivity index (χ3n) is 1.32. The minimum Gasteiger partial charge on any atom is -0.396 e. The summed E-state index contributed by atoms with van der Waals surface area (Å²) in [6, 6.07) is 0. The quantitative estimate of drug-likeness (QED) is 0.388. The monoisotopic (exact) mass is 177 g/mol. The number of carbonyl (C=O) groups is 1. The van der Waals surface area contributed by atoms with Crippen molar-refractivity contribution in [2.24, 2.45) is 0 Å². The molecule has 12 heavy (non-hydrogen) atoms. The van der Waals surface area contributed by atoms with E-state index in [1.54, 1.807) is 0 Å². The molecule has 0 aliphatic carbocycles. The molecule has 1 amide bonds. The summed E-state index contributed by atoms with van der Waals surface area (Å²) in [5.41, 5.74) is 0. The van der Waals surface area contributed by atoms with Crippen LogP contribution in [0.4, 0.5) is 0 Å². The first-order valence-electron chi connectivity index (χ1n) is 3.85. The van der Waals surface area contributed by atoms with Crippen molar-refractivity contribution in [3.8, 4) is 0 Å². The van der Waals surface area contributed by atoms with E-state index in [-0.39, 0.29) is 13.0 Å². The number of hydrogen-bond donors (Lipinski definition) is 4. The molecule has 5 nitrogen and oxygen atoms in total. The molecule has 0 aromatic rings. The standard InChI is InChI=1S/C7H15NO4/c1-5(10)7(12)8-6(11)3-2-4-9/h5-6,9-11H,2-4H2,1H3,(H,8,12). The van der Waals surface area contributed by atoms with Crippen LogP contribution in [0.2, 0.25) is 0 Å². The van der Waals surface area contributed by atoms with E-state index in [1.165, 1.54) is 6.92 Å². The van der Waals surface area contributed by atoms with E-state index in [1.807, 2.05) is 0 Å². The first kappa shape index (κ1) is 11.4. The number of hydrogen-bond acceptors (Lipinski definition) is 4. The second-order valence-corrected chi connectivity index (χ2v) is 2.57. The number of rotatable bonds is 5. The lowest BCUT2D eigenvalue weighted by Crippen LogP contribution is -2.40. The van der Waals surface area contributed by atoms with Gasteiger partial charge in [-0.15, -0.1) is 0 Å². The second kappa shape index (κ2) is 5.93. The summed E-state index contributed by atoms with van der Waals surface area (Å²) in [4.78, 5) is 10.7. The van der Waals surface area contributed by atoms with E-state index in [2.05, 4.69) is 5.32 Å². The van der Waals surface area contributed by atoms with Gasteiger partial charge in [0, 0.05) is 6.61 Å². The summed E-state index contributed by atoms with van der Waals surface area (Å²) in [6.45, 7) is 1.29. The van der Waals surface area contributed by atoms with E-state index in [4.69, 9.17) is 15.3 Å². The molecule has 5 heteroatoms. The summed E-state index contributed by atoms with van der Waals surface area (Å²) < 4.78 is 0. The van der Waals surface area contributed by atoms with Crippen LogP contribution in [-0.2, 0) is 4.79 Å². The molecule has 0 bridgehead atoms. The van der Waals surface area contributed by atoms with Crippen molar-refractivity contribution in [3.63, 3.8) is 0 Å². The largest absolute Gasteiger partial charge is 0.396 e. The zero-order valence-electron chi connectivity index (χ0n) is 7.03. The predicted molar refractivity (Wildman–Crippen MR) is 42.2 cm³/mol. The molecule has 2 atom stereocenters. The molecule has 0 aromatic carbocycles. The maximum Gasteiger partial charge on any atom is 0.250 e. The highest BCUT2D eigenvalue weighted by molar-refractivity contribution is 5.80. The van der Waals surface area contributed by atoms with Crippen molar-refractivity contribution < 1.29 is 20.1 Å². The Bertz CT molecular complexity index is 137. The molecule has 0 aliphatic heterocycles. The molecule has 0 spiro atoms. The average molecular weight is 177 g/mol. The van der Waals surface area contributed by atoms with Crippen LogP contribution in [0, 0.1) is 0 Å². The number of carbonyl (C=O) groups excluding carboxylic acids is 1. The van der Waals surface area contributed by atoms with E-state index in [9.17, 15) is 4.79 Å². The van der Waals surface area contributed by atoms with Crippen LogP contribution in [0.5, 0.6) is 0 Å². The van der Waals surface area contributed by atoms with Gasteiger partial charge in [-0.05, 0) is 19.8 Å². The Labute approximate surface area is 71.0 Å². The van der Waals surface area contributed by atoms with Gasteiger partial charge in [0.2, 0.25) is 0 Å². The Morgan fingerprint density at radius 1 is 1.50 bits per heavy atom. The van der Waals surface area contributed by atoms with E-state index in [0.29, 0.717) is 6.42 Å².